The molecule has 0 heterocycles. The number of carbonyl (C=O) groups is 4. The summed E-state index contributed by atoms with van der Waals surface area (Å²) in [5.74, 6) is -2.57. The Labute approximate surface area is 421 Å². The zero-order chi connectivity index (χ0) is 51.0. The van der Waals surface area contributed by atoms with Gasteiger partial charge in [-0.1, -0.05) is 96.5 Å². The number of phenols is 2. The summed E-state index contributed by atoms with van der Waals surface area (Å²) in [6.45, 7) is 0. The Morgan fingerprint density at radius 3 is 1.32 bits per heavy atom. The Morgan fingerprint density at radius 2 is 0.863 bits per heavy atom. The lowest BCUT2D eigenvalue weighted by Crippen LogP contribution is -2.14. The molecule has 0 atom stereocenters. The van der Waals surface area contributed by atoms with Crippen molar-refractivity contribution in [2.24, 2.45) is 20.5 Å². The molecule has 4 amide bonds. The summed E-state index contributed by atoms with van der Waals surface area (Å²) in [7, 11) is 2.89. The molecule has 6 N–H and O–H groups in total. The van der Waals surface area contributed by atoms with E-state index >= 15 is 0 Å². The van der Waals surface area contributed by atoms with Crippen molar-refractivity contribution < 1.29 is 38.9 Å². The van der Waals surface area contributed by atoms with Gasteiger partial charge in [0.05, 0.1) is 36.1 Å². The number of phenolic OH excluding ortho intramolecular Hbond substituents is 2. The first-order chi connectivity index (χ1) is 35.5. The van der Waals surface area contributed by atoms with Gasteiger partial charge in [0.1, 0.15) is 34.2 Å². The van der Waals surface area contributed by atoms with Crippen LogP contribution >= 0.6 is 11.6 Å². The largest absolute Gasteiger partial charge is 0.505 e. The molecule has 0 aliphatic rings. The van der Waals surface area contributed by atoms with Crippen molar-refractivity contribution >= 4 is 102 Å². The van der Waals surface area contributed by atoms with Crippen LogP contribution in [0.3, 0.4) is 0 Å². The molecule has 0 aliphatic carbocycles. The van der Waals surface area contributed by atoms with Crippen LogP contribution in [0, 0.1) is 0 Å². The van der Waals surface area contributed by atoms with Gasteiger partial charge in [-0.3, -0.25) is 19.2 Å². The van der Waals surface area contributed by atoms with Crippen LogP contribution in [0.1, 0.15) is 41.4 Å². The zero-order valence-electron chi connectivity index (χ0n) is 38.8. The van der Waals surface area contributed by atoms with Crippen LogP contribution in [0.5, 0.6) is 23.0 Å². The van der Waals surface area contributed by atoms with Crippen molar-refractivity contribution in [2.45, 2.75) is 0 Å². The van der Waals surface area contributed by atoms with Crippen LogP contribution in [0.15, 0.2) is 196 Å². The van der Waals surface area contributed by atoms with Crippen LogP contribution in [0.25, 0.3) is 21.5 Å². The van der Waals surface area contributed by atoms with E-state index in [0.29, 0.717) is 44.4 Å². The highest BCUT2D eigenvalue weighted by Gasteiger charge is 2.23. The Bertz CT molecular complexity index is 3690. The van der Waals surface area contributed by atoms with Crippen LogP contribution in [-0.4, -0.2) is 48.1 Å². The topological polar surface area (TPSA) is 225 Å². The Morgan fingerprint density at radius 1 is 0.438 bits per heavy atom. The number of aromatic hydroxyl groups is 2. The Kier molecular flexibility index (Phi) is 14.1. The Balaban J connectivity index is 0.943. The smallest absolute Gasteiger partial charge is 0.259 e. The second-order valence-electron chi connectivity index (χ2n) is 16.1. The molecule has 9 aromatic rings. The van der Waals surface area contributed by atoms with E-state index in [1.165, 1.54) is 56.7 Å². The fourth-order valence-corrected chi connectivity index (χ4v) is 7.97. The quantitative estimate of drug-likeness (QED) is 0.0573. The number of rotatable bonds is 14. The third kappa shape index (κ3) is 10.6. The maximum atomic E-state index is 13.9. The predicted molar refractivity (Wildman–Crippen MR) is 282 cm³/mol. The number of para-hydroxylation sites is 2. The van der Waals surface area contributed by atoms with E-state index in [1.54, 1.807) is 121 Å². The van der Waals surface area contributed by atoms with Gasteiger partial charge in [0.25, 0.3) is 23.6 Å². The maximum Gasteiger partial charge on any atom is 0.259 e. The molecule has 0 saturated heterocycles. The normalized spacial score (nSPS) is 11.2. The number of carbonyl (C=O) groups excluding carboxylic acids is 4. The van der Waals surface area contributed by atoms with Gasteiger partial charge in [-0.2, -0.15) is 0 Å². The van der Waals surface area contributed by atoms with E-state index in [9.17, 15) is 29.4 Å². The number of amides is 4. The second kappa shape index (κ2) is 21.4. The lowest BCUT2D eigenvalue weighted by Gasteiger charge is -2.14. The summed E-state index contributed by atoms with van der Waals surface area (Å²) in [5.41, 5.74) is 2.17. The molecule has 0 unspecified atom stereocenters. The molecular weight excluding hydrogens is 948 g/mol. The van der Waals surface area contributed by atoms with Crippen molar-refractivity contribution in [3.63, 3.8) is 0 Å². The third-order valence-electron chi connectivity index (χ3n) is 11.4. The van der Waals surface area contributed by atoms with Crippen LogP contribution in [0.4, 0.5) is 45.5 Å². The monoisotopic (exact) mass is 988 g/mol. The predicted octanol–water partition coefficient (Wildman–Crippen LogP) is 13.9. The minimum atomic E-state index is -0.738. The summed E-state index contributed by atoms with van der Waals surface area (Å²) < 4.78 is 11.0. The average Bonchev–Trinajstić information content (AvgIpc) is 3.41. The highest BCUT2D eigenvalue weighted by atomic mass is 35.5. The van der Waals surface area contributed by atoms with Crippen LogP contribution in [-0.2, 0) is 0 Å². The summed E-state index contributed by atoms with van der Waals surface area (Å²) in [6.07, 6.45) is 0. The van der Waals surface area contributed by atoms with E-state index in [2.05, 4.69) is 41.7 Å². The zero-order valence-corrected chi connectivity index (χ0v) is 39.5. The van der Waals surface area contributed by atoms with E-state index < -0.39 is 29.2 Å². The molecule has 0 aromatic heterocycles. The van der Waals surface area contributed by atoms with Gasteiger partial charge < -0.3 is 41.0 Å². The van der Waals surface area contributed by atoms with Gasteiger partial charge in [-0.15, -0.1) is 20.5 Å². The Hall–Kier alpha value is -9.93. The first-order valence-corrected chi connectivity index (χ1v) is 22.7. The van der Waals surface area contributed by atoms with E-state index in [0.717, 1.165) is 0 Å². The van der Waals surface area contributed by atoms with Crippen LogP contribution in [0.2, 0.25) is 5.02 Å². The van der Waals surface area contributed by atoms with Crippen molar-refractivity contribution in [1.82, 2.24) is 0 Å². The lowest BCUT2D eigenvalue weighted by molar-refractivity contribution is 0.101. The highest BCUT2D eigenvalue weighted by molar-refractivity contribution is 6.34. The number of hydrogen-bond acceptors (Lipinski definition) is 12. The molecule has 9 rings (SSSR count). The second-order valence-corrected chi connectivity index (χ2v) is 16.5. The number of benzene rings is 9. The van der Waals surface area contributed by atoms with Gasteiger partial charge in [0.2, 0.25) is 0 Å². The van der Waals surface area contributed by atoms with Crippen molar-refractivity contribution in [3.8, 4) is 23.0 Å². The fraction of sp³-hybridized carbons (Fsp3) is 0.0357. The molecule has 73 heavy (non-hydrogen) atoms. The van der Waals surface area contributed by atoms with Gasteiger partial charge in [-0.25, -0.2) is 0 Å². The molecule has 0 spiro atoms. The number of fused-ring (bicyclic) bond motifs is 2. The van der Waals surface area contributed by atoms with Crippen molar-refractivity contribution in [1.29, 1.82) is 0 Å². The third-order valence-corrected chi connectivity index (χ3v) is 11.7. The number of nitrogens with one attached hydrogen (secondary N) is 4. The number of hydrogen-bond donors (Lipinski definition) is 6. The van der Waals surface area contributed by atoms with E-state index in [1.807, 2.05) is 12.1 Å². The molecule has 9 aromatic carbocycles. The lowest BCUT2D eigenvalue weighted by atomic mass is 10.0. The number of azo groups is 2. The summed E-state index contributed by atoms with van der Waals surface area (Å²) >= 11 is 6.70. The summed E-state index contributed by atoms with van der Waals surface area (Å²) in [5, 5.41) is 54.0. The summed E-state index contributed by atoms with van der Waals surface area (Å²) in [6, 6.07) is 48.5. The molecule has 360 valence electrons. The van der Waals surface area contributed by atoms with Crippen molar-refractivity contribution in [3.05, 3.63) is 203 Å². The fourth-order valence-electron chi connectivity index (χ4n) is 7.74. The van der Waals surface area contributed by atoms with Gasteiger partial charge in [-0.05, 0) is 102 Å². The summed E-state index contributed by atoms with van der Waals surface area (Å²) in [4.78, 5) is 54.1. The molecule has 0 fully saturated rings. The number of anilines is 4. The standard InChI is InChI=1S/C56H41ClN8O8/c1-72-47-25-21-34(53(68)58-36-15-5-3-6-16-36)29-45(47)62-64-49-39-19-11-9-13-32(39)27-41(51(49)66)55(70)60-38-23-24-44(43(57)31-38)61-56(71)42-28-33-14-10-12-20-40(33)50(52(42)67)65-63-46-30-35(22-26-48(46)73-2)54(69)59-37-17-7-4-8-18-37/h3-31,66-67H,1-2H3,(H,58,68)(H,59,69)(H,60,70)(H,61,71). The number of ether oxygens (including phenoxy) is 2. The molecule has 16 nitrogen and oxygen atoms in total. The number of nitrogens with zero attached hydrogens (tertiary/aromatic N) is 4. The average molecular weight is 989 g/mol. The minimum Gasteiger partial charge on any atom is -0.505 e. The first-order valence-electron chi connectivity index (χ1n) is 22.3. The molecule has 0 bridgehead atoms. The maximum absolute atomic E-state index is 13.9. The van der Waals surface area contributed by atoms with Gasteiger partial charge in [0, 0.05) is 39.0 Å². The molecule has 0 aliphatic heterocycles. The number of methoxy groups -OCH3 is 2. The molecule has 17 heteroatoms. The van der Waals surface area contributed by atoms with E-state index in [4.69, 9.17) is 21.1 Å². The van der Waals surface area contributed by atoms with E-state index in [-0.39, 0.29) is 67.3 Å². The minimum absolute atomic E-state index is 0.0143. The van der Waals surface area contributed by atoms with Gasteiger partial charge >= 0.3 is 0 Å². The molecule has 0 saturated carbocycles. The highest BCUT2D eigenvalue weighted by Crippen LogP contribution is 2.43. The molecule has 0 radical (unpaired) electrons. The SMILES string of the molecule is COc1ccc(C(=O)Nc2ccccc2)cc1N=Nc1c(O)c(C(=O)Nc2ccc(NC(=O)c3cc4ccccc4c(N=Nc4cc(C(=O)Nc5ccccc5)ccc4OC)c3O)c(Cl)c2)cc2ccccc12. The van der Waals surface area contributed by atoms with Crippen LogP contribution < -0.4 is 30.7 Å². The van der Waals surface area contributed by atoms with Gasteiger partial charge in [0.15, 0.2) is 11.5 Å². The first kappa shape index (κ1) is 48.1. The molecular formula is C56H41ClN8O8. The number of halogens is 1. The van der Waals surface area contributed by atoms with Crippen molar-refractivity contribution in [2.75, 3.05) is 35.5 Å².